The van der Waals surface area contributed by atoms with Gasteiger partial charge in [-0.05, 0) is 12.5 Å². The predicted octanol–water partition coefficient (Wildman–Crippen LogP) is 1.71. The van der Waals surface area contributed by atoms with Gasteiger partial charge in [0.2, 0.25) is 0 Å². The molecule has 0 atom stereocenters. The van der Waals surface area contributed by atoms with Gasteiger partial charge in [0.1, 0.15) is 0 Å². The Balaban J connectivity index is 3.41. The molecule has 0 saturated heterocycles. The minimum atomic E-state index is -4.45. The van der Waals surface area contributed by atoms with Gasteiger partial charge in [-0.2, -0.15) is 13.2 Å². The number of halogens is 3. The minimum absolute atomic E-state index is 0.0506. The van der Waals surface area contributed by atoms with Crippen LogP contribution < -0.4 is 5.56 Å². The van der Waals surface area contributed by atoms with Crippen LogP contribution in [-0.2, 0) is 13.2 Å². The summed E-state index contributed by atoms with van der Waals surface area (Å²) in [5.74, 6) is 0. The third-order valence-electron chi connectivity index (χ3n) is 1.73. The summed E-state index contributed by atoms with van der Waals surface area (Å²) in [6.07, 6.45) is -3.28. The second-order valence-corrected chi connectivity index (χ2v) is 2.82. The Morgan fingerprint density at radius 2 is 1.92 bits per heavy atom. The number of hydrogen-bond acceptors (Lipinski definition) is 1. The van der Waals surface area contributed by atoms with Gasteiger partial charge < -0.3 is 4.57 Å². The quantitative estimate of drug-likeness (QED) is 0.611. The number of aromatic nitrogens is 1. The van der Waals surface area contributed by atoms with Crippen LogP contribution in [0.25, 0.3) is 0 Å². The van der Waals surface area contributed by atoms with Crippen molar-refractivity contribution in [3.05, 3.63) is 33.7 Å². The molecular formula is C8H8F3NO. The summed E-state index contributed by atoms with van der Waals surface area (Å²) in [5, 5.41) is 0. The van der Waals surface area contributed by atoms with Gasteiger partial charge in [0.15, 0.2) is 0 Å². The third-order valence-corrected chi connectivity index (χ3v) is 1.73. The zero-order valence-electron chi connectivity index (χ0n) is 7.14. The maximum atomic E-state index is 12.2. The Labute approximate surface area is 72.6 Å². The first-order chi connectivity index (χ1) is 5.82. The van der Waals surface area contributed by atoms with Crippen molar-refractivity contribution in [2.24, 2.45) is 7.05 Å². The lowest BCUT2D eigenvalue weighted by Gasteiger charge is -2.10. The van der Waals surface area contributed by atoms with Gasteiger partial charge in [-0.15, -0.1) is 0 Å². The molecule has 0 unspecified atom stereocenters. The van der Waals surface area contributed by atoms with Crippen LogP contribution in [0.3, 0.4) is 0 Å². The van der Waals surface area contributed by atoms with Crippen molar-refractivity contribution >= 4 is 0 Å². The number of hydrogen-bond donors (Lipinski definition) is 0. The summed E-state index contributed by atoms with van der Waals surface area (Å²) in [7, 11) is 1.41. The number of pyridine rings is 1. The van der Waals surface area contributed by atoms with E-state index >= 15 is 0 Å². The molecular weight excluding hydrogens is 183 g/mol. The molecule has 1 heterocycles. The van der Waals surface area contributed by atoms with Crippen LogP contribution in [0.5, 0.6) is 0 Å². The zero-order valence-corrected chi connectivity index (χ0v) is 7.14. The SMILES string of the molecule is Cc1cn(C)c(=O)cc1C(F)(F)F. The highest BCUT2D eigenvalue weighted by molar-refractivity contribution is 5.25. The maximum Gasteiger partial charge on any atom is 0.416 e. The van der Waals surface area contributed by atoms with Crippen LogP contribution in [0, 0.1) is 6.92 Å². The minimum Gasteiger partial charge on any atom is -0.318 e. The van der Waals surface area contributed by atoms with E-state index in [1.54, 1.807) is 0 Å². The molecule has 0 amide bonds. The third kappa shape index (κ3) is 1.91. The molecule has 0 aliphatic heterocycles. The van der Waals surface area contributed by atoms with E-state index in [1.807, 2.05) is 0 Å². The van der Waals surface area contributed by atoms with Crippen molar-refractivity contribution < 1.29 is 13.2 Å². The van der Waals surface area contributed by atoms with Crippen molar-refractivity contribution in [3.8, 4) is 0 Å². The lowest BCUT2D eigenvalue weighted by molar-refractivity contribution is -0.138. The van der Waals surface area contributed by atoms with Gasteiger partial charge in [0.05, 0.1) is 5.56 Å². The molecule has 2 nitrogen and oxygen atoms in total. The summed E-state index contributed by atoms with van der Waals surface area (Å²) in [6.45, 7) is 1.32. The number of rotatable bonds is 0. The van der Waals surface area contributed by atoms with E-state index in [0.717, 1.165) is 4.57 Å². The van der Waals surface area contributed by atoms with E-state index < -0.39 is 17.3 Å². The first-order valence-electron chi connectivity index (χ1n) is 3.57. The summed E-state index contributed by atoms with van der Waals surface area (Å²) in [5.41, 5.74) is -1.47. The van der Waals surface area contributed by atoms with Crippen LogP contribution in [0.4, 0.5) is 13.2 Å². The number of alkyl halides is 3. The molecule has 1 aromatic heterocycles. The number of aryl methyl sites for hydroxylation is 2. The molecule has 0 radical (unpaired) electrons. The average Bonchev–Trinajstić information content (AvgIpc) is 1.94. The fourth-order valence-electron chi connectivity index (χ4n) is 1.07. The molecule has 0 aromatic carbocycles. The molecule has 0 fully saturated rings. The number of nitrogens with zero attached hydrogens (tertiary/aromatic N) is 1. The van der Waals surface area contributed by atoms with E-state index in [0.29, 0.717) is 6.07 Å². The van der Waals surface area contributed by atoms with Gasteiger partial charge in [-0.1, -0.05) is 0 Å². The molecule has 0 aliphatic carbocycles. The van der Waals surface area contributed by atoms with Crippen LogP contribution in [0.15, 0.2) is 17.1 Å². The van der Waals surface area contributed by atoms with Crippen molar-refractivity contribution in [2.75, 3.05) is 0 Å². The van der Waals surface area contributed by atoms with Crippen LogP contribution in [0.1, 0.15) is 11.1 Å². The summed E-state index contributed by atoms with van der Waals surface area (Å²) < 4.78 is 37.8. The normalized spacial score (nSPS) is 11.8. The van der Waals surface area contributed by atoms with Crippen molar-refractivity contribution in [2.45, 2.75) is 13.1 Å². The molecule has 0 spiro atoms. The van der Waals surface area contributed by atoms with Crippen LogP contribution >= 0.6 is 0 Å². The highest BCUT2D eigenvalue weighted by Gasteiger charge is 2.32. The van der Waals surface area contributed by atoms with Gasteiger partial charge in [0, 0.05) is 19.3 Å². The Morgan fingerprint density at radius 3 is 2.38 bits per heavy atom. The second kappa shape index (κ2) is 2.90. The first kappa shape index (κ1) is 9.83. The van der Waals surface area contributed by atoms with Crippen molar-refractivity contribution in [1.82, 2.24) is 4.57 Å². The highest BCUT2D eigenvalue weighted by atomic mass is 19.4. The van der Waals surface area contributed by atoms with E-state index in [2.05, 4.69) is 0 Å². The first-order valence-corrected chi connectivity index (χ1v) is 3.57. The molecule has 0 bridgehead atoms. The maximum absolute atomic E-state index is 12.2. The van der Waals surface area contributed by atoms with Crippen LogP contribution in [-0.4, -0.2) is 4.57 Å². The Kier molecular flexibility index (Phi) is 2.19. The molecule has 0 aliphatic rings. The summed E-state index contributed by atoms with van der Waals surface area (Å²) in [6, 6.07) is 0.606. The van der Waals surface area contributed by atoms with E-state index in [1.165, 1.54) is 20.2 Å². The molecule has 1 rings (SSSR count). The Hall–Kier alpha value is -1.26. The predicted molar refractivity (Wildman–Crippen MR) is 41.4 cm³/mol. The van der Waals surface area contributed by atoms with Crippen molar-refractivity contribution in [1.29, 1.82) is 0 Å². The topological polar surface area (TPSA) is 22.0 Å². The largest absolute Gasteiger partial charge is 0.416 e. The average molecular weight is 191 g/mol. The molecule has 1 aromatic rings. The lowest BCUT2D eigenvalue weighted by Crippen LogP contribution is -2.20. The van der Waals surface area contributed by atoms with Crippen molar-refractivity contribution in [3.63, 3.8) is 0 Å². The Bertz CT molecular complexity index is 378. The fourth-order valence-corrected chi connectivity index (χ4v) is 1.07. The van der Waals surface area contributed by atoms with Gasteiger partial charge in [-0.3, -0.25) is 4.79 Å². The summed E-state index contributed by atoms with van der Waals surface area (Å²) in [4.78, 5) is 10.9. The second-order valence-electron chi connectivity index (χ2n) is 2.82. The standard InChI is InChI=1S/C8H8F3NO/c1-5-4-12(2)7(13)3-6(5)8(9,10)11/h3-4H,1-2H3. The molecule has 0 saturated carbocycles. The molecule has 72 valence electrons. The molecule has 5 heteroatoms. The highest BCUT2D eigenvalue weighted by Crippen LogP contribution is 2.30. The Morgan fingerprint density at radius 1 is 1.38 bits per heavy atom. The monoisotopic (exact) mass is 191 g/mol. The van der Waals surface area contributed by atoms with Crippen LogP contribution in [0.2, 0.25) is 0 Å². The molecule has 0 N–H and O–H groups in total. The molecule has 13 heavy (non-hydrogen) atoms. The van der Waals surface area contributed by atoms with Gasteiger partial charge in [0.25, 0.3) is 5.56 Å². The van der Waals surface area contributed by atoms with E-state index in [9.17, 15) is 18.0 Å². The van der Waals surface area contributed by atoms with Gasteiger partial charge in [-0.25, -0.2) is 0 Å². The van der Waals surface area contributed by atoms with E-state index in [4.69, 9.17) is 0 Å². The van der Waals surface area contributed by atoms with E-state index in [-0.39, 0.29) is 5.56 Å². The fraction of sp³-hybridized carbons (Fsp3) is 0.375. The lowest BCUT2D eigenvalue weighted by atomic mass is 10.1. The zero-order chi connectivity index (χ0) is 10.2. The van der Waals surface area contributed by atoms with Gasteiger partial charge >= 0.3 is 6.18 Å². The summed E-state index contributed by atoms with van der Waals surface area (Å²) >= 11 is 0. The smallest absolute Gasteiger partial charge is 0.318 e.